The molecular weight excluding hydrogens is 242 g/mol. The normalized spacial score (nSPS) is 53.2. The molecule has 5 fully saturated rings. The minimum absolute atomic E-state index is 0.557. The van der Waals surface area contributed by atoms with E-state index in [4.69, 9.17) is 0 Å². The summed E-state index contributed by atoms with van der Waals surface area (Å²) in [4.78, 5) is 0. The van der Waals surface area contributed by atoms with Crippen LogP contribution >= 0.6 is 0 Å². The van der Waals surface area contributed by atoms with E-state index in [1.165, 1.54) is 19.3 Å². The van der Waals surface area contributed by atoms with Crippen molar-refractivity contribution in [3.63, 3.8) is 0 Å². The Balaban J connectivity index is 1.44. The van der Waals surface area contributed by atoms with Crippen molar-refractivity contribution in [3.8, 4) is 0 Å². The second-order valence-electron chi connectivity index (χ2n) is 9.73. The molecule has 5 aliphatic rings. The molecule has 114 valence electrons. The van der Waals surface area contributed by atoms with Gasteiger partial charge < -0.3 is 5.32 Å². The van der Waals surface area contributed by atoms with Gasteiger partial charge in [-0.2, -0.15) is 0 Å². The van der Waals surface area contributed by atoms with Crippen molar-refractivity contribution in [2.24, 2.45) is 35.0 Å². The summed E-state index contributed by atoms with van der Waals surface area (Å²) in [5.74, 6) is 5.20. The number of hydrogen-bond donors (Lipinski definition) is 1. The molecule has 1 nitrogen and oxygen atoms in total. The summed E-state index contributed by atoms with van der Waals surface area (Å²) in [6, 6.07) is 1.69. The molecule has 0 aromatic carbocycles. The van der Waals surface area contributed by atoms with Crippen LogP contribution in [-0.4, -0.2) is 12.1 Å². The summed E-state index contributed by atoms with van der Waals surface area (Å²) in [6.07, 6.45) is 12.0. The van der Waals surface area contributed by atoms with Crippen LogP contribution in [0, 0.1) is 35.0 Å². The van der Waals surface area contributed by atoms with Crippen LogP contribution in [0.1, 0.15) is 72.1 Å². The largest absolute Gasteiger partial charge is 0.311 e. The Kier molecular flexibility index (Phi) is 3.22. The molecule has 0 aliphatic heterocycles. The van der Waals surface area contributed by atoms with E-state index in [9.17, 15) is 0 Å². The molecular formula is C19H33N. The first-order valence-corrected chi connectivity index (χ1v) is 9.24. The lowest BCUT2D eigenvalue weighted by Crippen LogP contribution is -2.58. The van der Waals surface area contributed by atoms with Gasteiger partial charge in [-0.15, -0.1) is 0 Å². The van der Waals surface area contributed by atoms with Crippen molar-refractivity contribution in [1.29, 1.82) is 0 Å². The zero-order valence-electron chi connectivity index (χ0n) is 13.7. The standard InChI is InChI=1S/C19H33N/c1-12-4-17(11-19(2,3)10-12)20-18-15-6-13-5-14(8-15)9-16(18)7-13/h12-18,20H,4-11H2,1-3H3. The lowest BCUT2D eigenvalue weighted by Gasteiger charge is -2.56. The van der Waals surface area contributed by atoms with Crippen LogP contribution in [0.5, 0.6) is 0 Å². The fourth-order valence-electron chi connectivity index (χ4n) is 6.94. The molecule has 0 aromatic rings. The van der Waals surface area contributed by atoms with Crippen molar-refractivity contribution in [2.75, 3.05) is 0 Å². The SMILES string of the molecule is CC1CC(NC2C3CC4CC(C3)CC2C4)CC(C)(C)C1. The Morgan fingerprint density at radius 2 is 1.40 bits per heavy atom. The van der Waals surface area contributed by atoms with Crippen molar-refractivity contribution in [2.45, 2.75) is 84.2 Å². The Morgan fingerprint density at radius 1 is 0.800 bits per heavy atom. The average molecular weight is 275 g/mol. The summed E-state index contributed by atoms with van der Waals surface area (Å²) in [5.41, 5.74) is 0.557. The van der Waals surface area contributed by atoms with Gasteiger partial charge >= 0.3 is 0 Å². The van der Waals surface area contributed by atoms with Gasteiger partial charge in [-0.05, 0) is 86.4 Å². The first-order valence-electron chi connectivity index (χ1n) is 9.24. The molecule has 0 heterocycles. The molecule has 0 saturated heterocycles. The molecule has 0 amide bonds. The average Bonchev–Trinajstić information content (AvgIpc) is 2.30. The predicted octanol–water partition coefficient (Wildman–Crippen LogP) is 4.62. The quantitative estimate of drug-likeness (QED) is 0.775. The van der Waals surface area contributed by atoms with E-state index in [2.05, 4.69) is 26.1 Å². The van der Waals surface area contributed by atoms with E-state index in [1.807, 2.05) is 0 Å². The Labute approximate surface area is 125 Å². The summed E-state index contributed by atoms with van der Waals surface area (Å²) >= 11 is 0. The highest BCUT2D eigenvalue weighted by Gasteiger charge is 2.49. The van der Waals surface area contributed by atoms with E-state index in [-0.39, 0.29) is 0 Å². The Morgan fingerprint density at radius 3 is 1.95 bits per heavy atom. The van der Waals surface area contributed by atoms with E-state index < -0.39 is 0 Å². The second-order valence-corrected chi connectivity index (χ2v) is 9.73. The third-order valence-electron chi connectivity index (χ3n) is 7.04. The van der Waals surface area contributed by atoms with E-state index in [1.54, 1.807) is 32.1 Å². The van der Waals surface area contributed by atoms with Crippen molar-refractivity contribution in [1.82, 2.24) is 5.32 Å². The molecule has 5 rings (SSSR count). The fourth-order valence-corrected chi connectivity index (χ4v) is 6.94. The van der Waals surface area contributed by atoms with Gasteiger partial charge in [-0.1, -0.05) is 20.8 Å². The summed E-state index contributed by atoms with van der Waals surface area (Å²) in [5, 5.41) is 4.19. The first-order chi connectivity index (χ1) is 9.48. The van der Waals surface area contributed by atoms with Crippen LogP contribution in [0.25, 0.3) is 0 Å². The van der Waals surface area contributed by atoms with Crippen LogP contribution in [-0.2, 0) is 0 Å². The van der Waals surface area contributed by atoms with Gasteiger partial charge in [0.15, 0.2) is 0 Å². The minimum atomic E-state index is 0.557. The van der Waals surface area contributed by atoms with Gasteiger partial charge in [-0.3, -0.25) is 0 Å². The van der Waals surface area contributed by atoms with Crippen LogP contribution in [0.4, 0.5) is 0 Å². The summed E-state index contributed by atoms with van der Waals surface area (Å²) < 4.78 is 0. The maximum absolute atomic E-state index is 4.19. The van der Waals surface area contributed by atoms with Crippen molar-refractivity contribution < 1.29 is 0 Å². The predicted molar refractivity (Wildman–Crippen MR) is 84.6 cm³/mol. The second kappa shape index (κ2) is 4.73. The van der Waals surface area contributed by atoms with Crippen LogP contribution in [0.15, 0.2) is 0 Å². The fraction of sp³-hybridized carbons (Fsp3) is 1.00. The number of hydrogen-bond acceptors (Lipinski definition) is 1. The lowest BCUT2D eigenvalue weighted by atomic mass is 9.54. The molecule has 0 spiro atoms. The maximum atomic E-state index is 4.19. The minimum Gasteiger partial charge on any atom is -0.311 e. The Bertz CT molecular complexity index is 344. The zero-order chi connectivity index (χ0) is 13.9. The van der Waals surface area contributed by atoms with Gasteiger partial charge in [0, 0.05) is 12.1 Å². The third-order valence-corrected chi connectivity index (χ3v) is 7.04. The van der Waals surface area contributed by atoms with Crippen LogP contribution < -0.4 is 5.32 Å². The topological polar surface area (TPSA) is 12.0 Å². The number of nitrogens with one attached hydrogen (secondary N) is 1. The maximum Gasteiger partial charge on any atom is 0.0127 e. The van der Waals surface area contributed by atoms with Gasteiger partial charge in [0.1, 0.15) is 0 Å². The molecule has 20 heavy (non-hydrogen) atoms. The highest BCUT2D eigenvalue weighted by atomic mass is 15.0. The smallest absolute Gasteiger partial charge is 0.0127 e. The monoisotopic (exact) mass is 275 g/mol. The molecule has 1 N–H and O–H groups in total. The summed E-state index contributed by atoms with van der Waals surface area (Å²) in [6.45, 7) is 7.43. The van der Waals surface area contributed by atoms with Gasteiger partial charge in [-0.25, -0.2) is 0 Å². The van der Waals surface area contributed by atoms with Crippen molar-refractivity contribution >= 4 is 0 Å². The van der Waals surface area contributed by atoms with E-state index in [0.29, 0.717) is 5.41 Å². The number of rotatable bonds is 2. The van der Waals surface area contributed by atoms with Gasteiger partial charge in [0.25, 0.3) is 0 Å². The molecule has 0 aromatic heterocycles. The lowest BCUT2D eigenvalue weighted by molar-refractivity contribution is -0.0236. The zero-order valence-corrected chi connectivity index (χ0v) is 13.7. The van der Waals surface area contributed by atoms with Crippen molar-refractivity contribution in [3.05, 3.63) is 0 Å². The third kappa shape index (κ3) is 2.45. The highest BCUT2D eigenvalue weighted by molar-refractivity contribution is 5.02. The molecule has 2 atom stereocenters. The van der Waals surface area contributed by atoms with E-state index >= 15 is 0 Å². The van der Waals surface area contributed by atoms with Gasteiger partial charge in [0.2, 0.25) is 0 Å². The molecule has 2 unspecified atom stereocenters. The Hall–Kier alpha value is -0.0400. The molecule has 0 radical (unpaired) electrons. The summed E-state index contributed by atoms with van der Waals surface area (Å²) in [7, 11) is 0. The van der Waals surface area contributed by atoms with Gasteiger partial charge in [0.05, 0.1) is 0 Å². The molecule has 1 heteroatoms. The van der Waals surface area contributed by atoms with Crippen LogP contribution in [0.2, 0.25) is 0 Å². The van der Waals surface area contributed by atoms with E-state index in [0.717, 1.165) is 41.7 Å². The molecule has 4 bridgehead atoms. The first kappa shape index (κ1) is 13.6. The molecule has 5 aliphatic carbocycles. The van der Waals surface area contributed by atoms with Crippen LogP contribution in [0.3, 0.4) is 0 Å². The highest BCUT2D eigenvalue weighted by Crippen LogP contribution is 2.54. The molecule has 5 saturated carbocycles.